The van der Waals surface area contributed by atoms with Crippen molar-refractivity contribution >= 4 is 10.0 Å². The summed E-state index contributed by atoms with van der Waals surface area (Å²) in [7, 11) is -0.412. The average molecular weight is 240 g/mol. The Kier molecular flexibility index (Phi) is 7.03. The van der Waals surface area contributed by atoms with Gasteiger partial charge < -0.3 is 15.6 Å². The zero-order chi connectivity index (χ0) is 11.9. The van der Waals surface area contributed by atoms with Crippen LogP contribution in [0.5, 0.6) is 0 Å². The minimum Gasteiger partial charge on any atom is -0.389 e. The maximum absolute atomic E-state index is 11.5. The molecule has 15 heavy (non-hydrogen) atoms. The van der Waals surface area contributed by atoms with Crippen molar-refractivity contribution in [1.29, 1.82) is 0 Å². The van der Waals surface area contributed by atoms with Gasteiger partial charge in [0.2, 0.25) is 10.0 Å². The highest BCUT2D eigenvalue weighted by Gasteiger charge is 2.19. The summed E-state index contributed by atoms with van der Waals surface area (Å²) in [6.07, 6.45) is -0.375. The molecule has 0 aromatic carbocycles. The number of sulfonamides is 1. The molecular formula is C8H20N2O4S. The zero-order valence-corrected chi connectivity index (χ0v) is 10.0. The summed E-state index contributed by atoms with van der Waals surface area (Å²) >= 11 is 0. The van der Waals surface area contributed by atoms with E-state index in [0.717, 1.165) is 4.31 Å². The van der Waals surface area contributed by atoms with Crippen molar-refractivity contribution in [2.75, 3.05) is 39.6 Å². The summed E-state index contributed by atoms with van der Waals surface area (Å²) in [5, 5.41) is 9.35. The highest BCUT2D eigenvalue weighted by Crippen LogP contribution is 2.01. The van der Waals surface area contributed by atoms with E-state index in [2.05, 4.69) is 0 Å². The van der Waals surface area contributed by atoms with Crippen molar-refractivity contribution in [3.8, 4) is 0 Å². The summed E-state index contributed by atoms with van der Waals surface area (Å²) < 4.78 is 28.9. The molecule has 0 saturated carbocycles. The van der Waals surface area contributed by atoms with Crippen molar-refractivity contribution in [3.63, 3.8) is 0 Å². The fourth-order valence-electron chi connectivity index (χ4n) is 1.08. The van der Waals surface area contributed by atoms with Gasteiger partial charge >= 0.3 is 0 Å². The van der Waals surface area contributed by atoms with Crippen LogP contribution >= 0.6 is 0 Å². The van der Waals surface area contributed by atoms with Crippen LogP contribution in [-0.4, -0.2) is 63.5 Å². The van der Waals surface area contributed by atoms with Crippen LogP contribution in [0.1, 0.15) is 6.42 Å². The van der Waals surface area contributed by atoms with E-state index in [1.807, 2.05) is 0 Å². The predicted octanol–water partition coefficient (Wildman–Crippen LogP) is -1.40. The van der Waals surface area contributed by atoms with Gasteiger partial charge in [-0.25, -0.2) is 12.7 Å². The lowest BCUT2D eigenvalue weighted by Crippen LogP contribution is -2.37. The first-order valence-corrected chi connectivity index (χ1v) is 6.36. The molecular weight excluding hydrogens is 220 g/mol. The molecule has 0 aliphatic carbocycles. The van der Waals surface area contributed by atoms with Crippen LogP contribution in [-0.2, 0) is 14.8 Å². The van der Waals surface area contributed by atoms with Gasteiger partial charge in [0.25, 0.3) is 0 Å². The average Bonchev–Trinajstić information content (AvgIpc) is 2.15. The van der Waals surface area contributed by atoms with Gasteiger partial charge in [0.15, 0.2) is 0 Å². The summed E-state index contributed by atoms with van der Waals surface area (Å²) in [5.74, 6) is 0.0136. The van der Waals surface area contributed by atoms with E-state index in [-0.39, 0.29) is 18.9 Å². The Hall–Kier alpha value is -0.210. The van der Waals surface area contributed by atoms with Crippen molar-refractivity contribution in [3.05, 3.63) is 0 Å². The quantitative estimate of drug-likeness (QED) is 0.544. The molecule has 0 saturated heterocycles. The van der Waals surface area contributed by atoms with E-state index in [1.54, 1.807) is 0 Å². The minimum absolute atomic E-state index is 0.0136. The third kappa shape index (κ3) is 6.06. The normalized spacial score (nSPS) is 14.5. The second kappa shape index (κ2) is 7.13. The molecule has 6 nitrogen and oxygen atoms in total. The van der Waals surface area contributed by atoms with Gasteiger partial charge in [-0.15, -0.1) is 0 Å². The summed E-state index contributed by atoms with van der Waals surface area (Å²) in [5.41, 5.74) is 5.23. The maximum atomic E-state index is 11.5. The van der Waals surface area contributed by atoms with Crippen LogP contribution in [0.25, 0.3) is 0 Å². The third-order valence-electron chi connectivity index (χ3n) is 1.91. The van der Waals surface area contributed by atoms with Gasteiger partial charge in [0.1, 0.15) is 0 Å². The largest absolute Gasteiger partial charge is 0.389 e. The topological polar surface area (TPSA) is 92.9 Å². The predicted molar refractivity (Wildman–Crippen MR) is 58.0 cm³/mol. The summed E-state index contributed by atoms with van der Waals surface area (Å²) in [4.78, 5) is 0. The lowest BCUT2D eigenvalue weighted by molar-refractivity contribution is 0.0554. The molecule has 0 fully saturated rings. The Morgan fingerprint density at radius 1 is 1.53 bits per heavy atom. The van der Waals surface area contributed by atoms with E-state index in [1.165, 1.54) is 14.2 Å². The zero-order valence-electron chi connectivity index (χ0n) is 9.22. The third-order valence-corrected chi connectivity index (χ3v) is 3.81. The van der Waals surface area contributed by atoms with Crippen LogP contribution in [0.2, 0.25) is 0 Å². The minimum atomic E-state index is -3.30. The second-order valence-corrected chi connectivity index (χ2v) is 5.54. The van der Waals surface area contributed by atoms with Gasteiger partial charge in [0, 0.05) is 20.7 Å². The van der Waals surface area contributed by atoms with Gasteiger partial charge in [-0.2, -0.15) is 0 Å². The van der Waals surface area contributed by atoms with Crippen LogP contribution in [0, 0.1) is 0 Å². The fraction of sp³-hybridized carbons (Fsp3) is 1.00. The molecule has 0 radical (unpaired) electrons. The number of nitrogens with two attached hydrogens (primary N) is 1. The Bertz CT molecular complexity index is 255. The molecule has 7 heteroatoms. The highest BCUT2D eigenvalue weighted by atomic mass is 32.2. The Morgan fingerprint density at radius 3 is 2.60 bits per heavy atom. The number of likely N-dealkylation sites (N-methyl/N-ethyl adjacent to an activating group) is 1. The van der Waals surface area contributed by atoms with E-state index in [4.69, 9.17) is 10.5 Å². The number of nitrogens with zero attached hydrogens (tertiary/aromatic N) is 1. The number of rotatable bonds is 8. The van der Waals surface area contributed by atoms with E-state index in [9.17, 15) is 13.5 Å². The molecule has 0 aliphatic heterocycles. The number of hydrogen-bond donors (Lipinski definition) is 2. The Labute approximate surface area is 91.1 Å². The molecule has 0 bridgehead atoms. The lowest BCUT2D eigenvalue weighted by atomic mass is 10.4. The number of methoxy groups -OCH3 is 1. The van der Waals surface area contributed by atoms with Crippen LogP contribution in [0.4, 0.5) is 0 Å². The molecule has 1 atom stereocenters. The van der Waals surface area contributed by atoms with Crippen LogP contribution < -0.4 is 5.73 Å². The van der Waals surface area contributed by atoms with Gasteiger partial charge in [-0.3, -0.25) is 0 Å². The number of aliphatic hydroxyl groups is 1. The SMILES string of the molecule is COCC(O)CN(C)S(=O)(=O)CCCN. The molecule has 1 unspecified atom stereocenters. The molecule has 3 N–H and O–H groups in total. The Balaban J connectivity index is 4.12. The lowest BCUT2D eigenvalue weighted by Gasteiger charge is -2.19. The first-order valence-electron chi connectivity index (χ1n) is 4.75. The first kappa shape index (κ1) is 14.8. The standard InChI is InChI=1S/C8H20N2O4S/c1-10(6-8(11)7-14-2)15(12,13)5-3-4-9/h8,11H,3-7,9H2,1-2H3. The molecule has 0 aliphatic rings. The summed E-state index contributed by atoms with van der Waals surface area (Å²) in [6.45, 7) is 0.505. The van der Waals surface area contributed by atoms with E-state index in [0.29, 0.717) is 13.0 Å². The molecule has 0 aromatic heterocycles. The number of aliphatic hydroxyl groups excluding tert-OH is 1. The van der Waals surface area contributed by atoms with Crippen LogP contribution in [0.3, 0.4) is 0 Å². The highest BCUT2D eigenvalue weighted by molar-refractivity contribution is 7.89. The van der Waals surface area contributed by atoms with Gasteiger partial charge in [-0.05, 0) is 13.0 Å². The monoisotopic (exact) mass is 240 g/mol. The number of hydrogen-bond acceptors (Lipinski definition) is 5. The fourth-order valence-corrected chi connectivity index (χ4v) is 2.32. The van der Waals surface area contributed by atoms with Gasteiger partial charge in [-0.1, -0.05) is 0 Å². The smallest absolute Gasteiger partial charge is 0.213 e. The van der Waals surface area contributed by atoms with Crippen molar-refractivity contribution in [1.82, 2.24) is 4.31 Å². The maximum Gasteiger partial charge on any atom is 0.213 e. The van der Waals surface area contributed by atoms with Crippen molar-refractivity contribution < 1.29 is 18.3 Å². The number of ether oxygens (including phenoxy) is 1. The molecule has 0 spiro atoms. The summed E-state index contributed by atoms with van der Waals surface area (Å²) in [6, 6.07) is 0. The van der Waals surface area contributed by atoms with E-state index >= 15 is 0 Å². The molecule has 0 aromatic rings. The van der Waals surface area contributed by atoms with Crippen molar-refractivity contribution in [2.24, 2.45) is 5.73 Å². The molecule has 0 amide bonds. The van der Waals surface area contributed by atoms with E-state index < -0.39 is 16.1 Å². The molecule has 92 valence electrons. The Morgan fingerprint density at radius 2 is 2.13 bits per heavy atom. The molecule has 0 rings (SSSR count). The van der Waals surface area contributed by atoms with Crippen LogP contribution in [0.15, 0.2) is 0 Å². The second-order valence-electron chi connectivity index (χ2n) is 3.35. The van der Waals surface area contributed by atoms with Gasteiger partial charge in [0.05, 0.1) is 18.5 Å². The molecule has 0 heterocycles. The first-order chi connectivity index (χ1) is 6.94. The van der Waals surface area contributed by atoms with Crippen molar-refractivity contribution in [2.45, 2.75) is 12.5 Å².